The molecule has 1 aromatic rings. The fourth-order valence-corrected chi connectivity index (χ4v) is 1.38. The maximum atomic E-state index is 8.78. The van der Waals surface area contributed by atoms with Gasteiger partial charge in [0, 0.05) is 10.1 Å². The first-order chi connectivity index (χ1) is 6.27. The van der Waals surface area contributed by atoms with Crippen molar-refractivity contribution in [3.8, 4) is 11.8 Å². The highest BCUT2D eigenvalue weighted by molar-refractivity contribution is 14.1. The summed E-state index contributed by atoms with van der Waals surface area (Å²) >= 11 is 2.15. The van der Waals surface area contributed by atoms with Crippen LogP contribution in [0.1, 0.15) is 5.56 Å². The summed E-state index contributed by atoms with van der Waals surface area (Å²) in [5, 5.41) is 8.78. The molecule has 0 bridgehead atoms. The van der Waals surface area contributed by atoms with Crippen molar-refractivity contribution in [2.75, 3.05) is 13.2 Å². The predicted octanol–water partition coefficient (Wildman–Crippen LogP) is 1.92. The largest absolute Gasteiger partial charge is 0.491 e. The van der Waals surface area contributed by atoms with E-state index < -0.39 is 0 Å². The lowest BCUT2D eigenvalue weighted by molar-refractivity contribution is 0.327. The fraction of sp³-hybridized carbons (Fsp3) is 0.222. The highest BCUT2D eigenvalue weighted by Gasteiger charge is 2.02. The lowest BCUT2D eigenvalue weighted by Gasteiger charge is -2.05. The first kappa shape index (κ1) is 13.5. The molecular weight excluding hydrogens is 314 g/mol. The van der Waals surface area contributed by atoms with Gasteiger partial charge in [0.05, 0.1) is 5.56 Å². The van der Waals surface area contributed by atoms with Crippen LogP contribution in [0.3, 0.4) is 0 Å². The second kappa shape index (κ2) is 6.87. The van der Waals surface area contributed by atoms with Crippen molar-refractivity contribution >= 4 is 35.0 Å². The molecular formula is C9H10ClIN2O. The second-order valence-corrected chi connectivity index (χ2v) is 3.64. The highest BCUT2D eigenvalue weighted by atomic mass is 127. The van der Waals surface area contributed by atoms with E-state index in [-0.39, 0.29) is 12.4 Å². The van der Waals surface area contributed by atoms with E-state index in [1.807, 2.05) is 6.07 Å². The van der Waals surface area contributed by atoms with Crippen LogP contribution in [0.5, 0.6) is 5.75 Å². The van der Waals surface area contributed by atoms with E-state index in [4.69, 9.17) is 15.7 Å². The molecule has 0 radical (unpaired) electrons. The van der Waals surface area contributed by atoms with Crippen molar-refractivity contribution in [1.82, 2.24) is 0 Å². The molecule has 2 N–H and O–H groups in total. The van der Waals surface area contributed by atoms with Gasteiger partial charge in [-0.3, -0.25) is 0 Å². The van der Waals surface area contributed by atoms with Gasteiger partial charge < -0.3 is 10.5 Å². The molecule has 0 unspecified atom stereocenters. The lowest BCUT2D eigenvalue weighted by Crippen LogP contribution is -2.11. The summed E-state index contributed by atoms with van der Waals surface area (Å²) in [6.45, 7) is 0.895. The van der Waals surface area contributed by atoms with Gasteiger partial charge >= 0.3 is 0 Å². The second-order valence-electron chi connectivity index (χ2n) is 2.39. The van der Waals surface area contributed by atoms with Crippen LogP contribution in [-0.2, 0) is 0 Å². The maximum Gasteiger partial charge on any atom is 0.137 e. The number of hydrogen-bond acceptors (Lipinski definition) is 3. The Morgan fingerprint density at radius 2 is 2.21 bits per heavy atom. The summed E-state index contributed by atoms with van der Waals surface area (Å²) in [6, 6.07) is 7.54. The Labute approximate surface area is 103 Å². The van der Waals surface area contributed by atoms with Gasteiger partial charge in [0.2, 0.25) is 0 Å². The van der Waals surface area contributed by atoms with E-state index in [1.165, 1.54) is 0 Å². The van der Waals surface area contributed by atoms with Gasteiger partial charge in [0.15, 0.2) is 0 Å². The number of ether oxygens (including phenoxy) is 1. The smallest absolute Gasteiger partial charge is 0.137 e. The average molecular weight is 325 g/mol. The number of benzene rings is 1. The van der Waals surface area contributed by atoms with E-state index >= 15 is 0 Å². The summed E-state index contributed by atoms with van der Waals surface area (Å²) in [7, 11) is 0. The normalized spacial score (nSPS) is 8.64. The lowest BCUT2D eigenvalue weighted by atomic mass is 10.2. The molecule has 0 aliphatic heterocycles. The quantitative estimate of drug-likeness (QED) is 0.864. The monoisotopic (exact) mass is 324 g/mol. The Hall–Kier alpha value is -0.510. The minimum Gasteiger partial charge on any atom is -0.491 e. The molecule has 76 valence electrons. The molecule has 0 saturated heterocycles. The van der Waals surface area contributed by atoms with Crippen molar-refractivity contribution in [2.45, 2.75) is 0 Å². The van der Waals surface area contributed by atoms with Crippen LogP contribution >= 0.6 is 35.0 Å². The van der Waals surface area contributed by atoms with E-state index in [2.05, 4.69) is 28.7 Å². The van der Waals surface area contributed by atoms with Gasteiger partial charge in [-0.15, -0.1) is 12.4 Å². The molecule has 0 saturated carbocycles. The molecule has 0 heterocycles. The molecule has 3 nitrogen and oxygen atoms in total. The van der Waals surface area contributed by atoms with Crippen molar-refractivity contribution in [2.24, 2.45) is 5.73 Å². The van der Waals surface area contributed by atoms with Crippen molar-refractivity contribution in [3.05, 3.63) is 27.3 Å². The fourth-order valence-electron chi connectivity index (χ4n) is 0.884. The van der Waals surface area contributed by atoms with Gasteiger partial charge in [0.1, 0.15) is 18.4 Å². The van der Waals surface area contributed by atoms with Gasteiger partial charge in [-0.1, -0.05) is 0 Å². The number of hydrogen-bond donors (Lipinski definition) is 1. The number of nitriles is 1. The van der Waals surface area contributed by atoms with Gasteiger partial charge in [-0.05, 0) is 40.8 Å². The third kappa shape index (κ3) is 3.70. The first-order valence-electron chi connectivity index (χ1n) is 3.80. The van der Waals surface area contributed by atoms with E-state index in [0.29, 0.717) is 24.5 Å². The Kier molecular flexibility index (Phi) is 6.62. The topological polar surface area (TPSA) is 59.0 Å². The Bertz CT molecular complexity index is 338. The predicted molar refractivity (Wildman–Crippen MR) is 65.7 cm³/mol. The van der Waals surface area contributed by atoms with Crippen LogP contribution in [0, 0.1) is 14.9 Å². The van der Waals surface area contributed by atoms with Crippen LogP contribution in [0.4, 0.5) is 0 Å². The van der Waals surface area contributed by atoms with Crippen LogP contribution in [0.15, 0.2) is 18.2 Å². The minimum atomic E-state index is 0. The molecule has 14 heavy (non-hydrogen) atoms. The summed E-state index contributed by atoms with van der Waals surface area (Å²) in [4.78, 5) is 0. The molecule has 0 atom stereocenters. The van der Waals surface area contributed by atoms with Gasteiger partial charge in [0.25, 0.3) is 0 Å². The number of rotatable bonds is 3. The summed E-state index contributed by atoms with van der Waals surface area (Å²) in [5.41, 5.74) is 5.84. The molecule has 0 amide bonds. The Morgan fingerprint density at radius 3 is 2.79 bits per heavy atom. The molecule has 0 aliphatic rings. The average Bonchev–Trinajstić information content (AvgIpc) is 2.16. The van der Waals surface area contributed by atoms with Gasteiger partial charge in [-0.25, -0.2) is 0 Å². The van der Waals surface area contributed by atoms with Crippen molar-refractivity contribution < 1.29 is 4.74 Å². The molecule has 0 spiro atoms. The third-order valence-electron chi connectivity index (χ3n) is 1.44. The Morgan fingerprint density at radius 1 is 1.50 bits per heavy atom. The van der Waals surface area contributed by atoms with Crippen molar-refractivity contribution in [1.29, 1.82) is 5.26 Å². The van der Waals surface area contributed by atoms with E-state index in [9.17, 15) is 0 Å². The van der Waals surface area contributed by atoms with Crippen molar-refractivity contribution in [3.63, 3.8) is 0 Å². The third-order valence-corrected chi connectivity index (χ3v) is 2.11. The maximum absolute atomic E-state index is 8.78. The van der Waals surface area contributed by atoms with Crippen LogP contribution in [0.2, 0.25) is 0 Å². The van der Waals surface area contributed by atoms with Crippen LogP contribution in [0.25, 0.3) is 0 Å². The zero-order valence-corrected chi connectivity index (χ0v) is 10.3. The Balaban J connectivity index is 0.00000169. The molecule has 0 aromatic heterocycles. The molecule has 0 fully saturated rings. The molecule has 5 heteroatoms. The summed E-state index contributed by atoms with van der Waals surface area (Å²) in [5.74, 6) is 0.605. The SMILES string of the molecule is Cl.N#Cc1cc(I)ccc1OCCN. The van der Waals surface area contributed by atoms with Crippen LogP contribution in [-0.4, -0.2) is 13.2 Å². The number of halogens is 2. The summed E-state index contributed by atoms with van der Waals surface area (Å²) < 4.78 is 6.30. The van der Waals surface area contributed by atoms with E-state index in [0.717, 1.165) is 3.57 Å². The zero-order valence-electron chi connectivity index (χ0n) is 7.37. The number of nitrogens with two attached hydrogens (primary N) is 1. The standard InChI is InChI=1S/C9H9IN2O.ClH/c10-8-1-2-9(13-4-3-11)7(5-8)6-12;/h1-2,5H,3-4,11H2;1H. The van der Waals surface area contributed by atoms with Gasteiger partial charge in [-0.2, -0.15) is 5.26 Å². The number of nitrogens with zero attached hydrogens (tertiary/aromatic N) is 1. The summed E-state index contributed by atoms with van der Waals surface area (Å²) in [6.07, 6.45) is 0. The first-order valence-corrected chi connectivity index (χ1v) is 4.88. The highest BCUT2D eigenvalue weighted by Crippen LogP contribution is 2.19. The van der Waals surface area contributed by atoms with Crippen LogP contribution < -0.4 is 10.5 Å². The zero-order chi connectivity index (χ0) is 9.68. The minimum absolute atomic E-state index is 0. The molecule has 0 aliphatic carbocycles. The van der Waals surface area contributed by atoms with E-state index in [1.54, 1.807) is 12.1 Å². The molecule has 1 aromatic carbocycles. The molecule has 1 rings (SSSR count).